The summed E-state index contributed by atoms with van der Waals surface area (Å²) in [7, 11) is 0. The Morgan fingerprint density at radius 2 is 0.933 bits per heavy atom. The van der Waals surface area contributed by atoms with Gasteiger partial charge in [-0.25, -0.2) is 0 Å². The topological polar surface area (TPSA) is 26.3 Å². The number of esters is 1. The molecular formula is C27H52O2S. The van der Waals surface area contributed by atoms with Crippen LogP contribution in [0.2, 0.25) is 0 Å². The van der Waals surface area contributed by atoms with E-state index in [-0.39, 0.29) is 5.97 Å². The van der Waals surface area contributed by atoms with Crippen molar-refractivity contribution in [3.63, 3.8) is 0 Å². The van der Waals surface area contributed by atoms with Crippen molar-refractivity contribution >= 4 is 23.1 Å². The minimum absolute atomic E-state index is 0.122. The highest BCUT2D eigenvalue weighted by Gasteiger charge is 2.07. The Hall–Kier alpha value is -0.440. The third kappa shape index (κ3) is 23.8. The van der Waals surface area contributed by atoms with Gasteiger partial charge in [-0.05, 0) is 19.3 Å². The Balaban J connectivity index is 3.31. The highest BCUT2D eigenvalue weighted by Crippen LogP contribution is 2.13. The number of unbranched alkanes of at least 4 members (excludes halogenated alkanes) is 18. The summed E-state index contributed by atoms with van der Waals surface area (Å²) >= 11 is 5.38. The van der Waals surface area contributed by atoms with Crippen molar-refractivity contribution in [3.8, 4) is 0 Å². The predicted octanol–water partition coefficient (Wildman–Crippen LogP) is 9.52. The summed E-state index contributed by atoms with van der Waals surface area (Å²) in [6, 6.07) is 0. The Morgan fingerprint density at radius 1 is 0.567 bits per heavy atom. The van der Waals surface area contributed by atoms with E-state index in [0.717, 1.165) is 24.1 Å². The maximum absolute atomic E-state index is 11.9. The van der Waals surface area contributed by atoms with E-state index >= 15 is 0 Å². The van der Waals surface area contributed by atoms with Gasteiger partial charge in [-0.15, -0.1) is 0 Å². The van der Waals surface area contributed by atoms with Gasteiger partial charge in [-0.3, -0.25) is 4.79 Å². The van der Waals surface area contributed by atoms with Crippen LogP contribution >= 0.6 is 12.2 Å². The van der Waals surface area contributed by atoms with Gasteiger partial charge in [0.15, 0.2) is 0 Å². The summed E-state index contributed by atoms with van der Waals surface area (Å²) < 4.78 is 5.36. The molecule has 0 heterocycles. The molecule has 0 unspecified atom stereocenters. The number of thiocarbonyl (C=S) groups is 1. The van der Waals surface area contributed by atoms with Crippen molar-refractivity contribution in [2.24, 2.45) is 0 Å². The van der Waals surface area contributed by atoms with E-state index in [9.17, 15) is 4.79 Å². The highest BCUT2D eigenvalue weighted by atomic mass is 32.1. The Labute approximate surface area is 194 Å². The van der Waals surface area contributed by atoms with Crippen molar-refractivity contribution in [1.82, 2.24) is 0 Å². The normalized spacial score (nSPS) is 11.0. The summed E-state index contributed by atoms with van der Waals surface area (Å²) in [4.78, 5) is 12.8. The van der Waals surface area contributed by atoms with Gasteiger partial charge in [-0.2, -0.15) is 0 Å². The molecule has 0 saturated heterocycles. The number of carbonyl (C=O) groups excluding carboxylic acids is 1. The lowest BCUT2D eigenvalue weighted by Gasteiger charge is -2.06. The van der Waals surface area contributed by atoms with Crippen LogP contribution in [0.1, 0.15) is 155 Å². The molecule has 0 saturated carbocycles. The summed E-state index contributed by atoms with van der Waals surface area (Å²) in [5, 5.41) is 0. The molecule has 0 aromatic heterocycles. The summed E-state index contributed by atoms with van der Waals surface area (Å²) in [5.74, 6) is -0.122. The molecule has 0 amide bonds. The van der Waals surface area contributed by atoms with Gasteiger partial charge in [-0.1, -0.05) is 142 Å². The molecule has 0 aliphatic rings. The van der Waals surface area contributed by atoms with Crippen molar-refractivity contribution < 1.29 is 9.53 Å². The SMILES string of the molecule is CCCCCCCCCCCCOC(=O)CC(=S)CCCCCCCCCCCC. The van der Waals surface area contributed by atoms with Crippen LogP contribution in [0.4, 0.5) is 0 Å². The van der Waals surface area contributed by atoms with E-state index in [4.69, 9.17) is 17.0 Å². The second kappa shape index (κ2) is 24.8. The van der Waals surface area contributed by atoms with Crippen LogP contribution in [0.5, 0.6) is 0 Å². The van der Waals surface area contributed by atoms with Crippen molar-refractivity contribution in [2.45, 2.75) is 155 Å². The first-order valence-corrected chi connectivity index (χ1v) is 13.8. The molecule has 2 nitrogen and oxygen atoms in total. The Kier molecular flexibility index (Phi) is 24.5. The molecule has 0 bridgehead atoms. The minimum atomic E-state index is -0.122. The van der Waals surface area contributed by atoms with Crippen LogP contribution in [0, 0.1) is 0 Å². The monoisotopic (exact) mass is 440 g/mol. The average molecular weight is 441 g/mol. The van der Waals surface area contributed by atoms with Crippen molar-refractivity contribution in [2.75, 3.05) is 6.61 Å². The fraction of sp³-hybridized carbons (Fsp3) is 0.926. The summed E-state index contributed by atoms with van der Waals surface area (Å²) in [5.41, 5.74) is 0. The van der Waals surface area contributed by atoms with Gasteiger partial charge in [0, 0.05) is 4.86 Å². The van der Waals surface area contributed by atoms with E-state index in [2.05, 4.69) is 13.8 Å². The average Bonchev–Trinajstić information content (AvgIpc) is 2.73. The van der Waals surface area contributed by atoms with Gasteiger partial charge < -0.3 is 4.74 Å². The van der Waals surface area contributed by atoms with Crippen LogP contribution in [0.3, 0.4) is 0 Å². The lowest BCUT2D eigenvalue weighted by Crippen LogP contribution is -2.10. The van der Waals surface area contributed by atoms with Gasteiger partial charge in [0.05, 0.1) is 13.0 Å². The first-order valence-electron chi connectivity index (χ1n) is 13.4. The van der Waals surface area contributed by atoms with E-state index in [1.165, 1.54) is 116 Å². The van der Waals surface area contributed by atoms with Gasteiger partial charge in [0.1, 0.15) is 0 Å². The molecule has 0 aromatic rings. The third-order valence-electron chi connectivity index (χ3n) is 5.91. The fourth-order valence-electron chi connectivity index (χ4n) is 3.89. The summed E-state index contributed by atoms with van der Waals surface area (Å²) in [6.07, 6.45) is 27.5. The molecule has 0 aliphatic carbocycles. The maximum atomic E-state index is 11.9. The Bertz CT molecular complexity index is 381. The molecule has 0 atom stereocenters. The van der Waals surface area contributed by atoms with Crippen LogP contribution < -0.4 is 0 Å². The number of hydrogen-bond donors (Lipinski definition) is 0. The summed E-state index contributed by atoms with van der Waals surface area (Å²) in [6.45, 7) is 5.10. The molecule has 0 rings (SSSR count). The molecule has 0 radical (unpaired) electrons. The zero-order valence-corrected chi connectivity index (χ0v) is 21.3. The highest BCUT2D eigenvalue weighted by molar-refractivity contribution is 7.80. The molecule has 178 valence electrons. The molecule has 0 spiro atoms. The van der Waals surface area contributed by atoms with E-state index < -0.39 is 0 Å². The Morgan fingerprint density at radius 3 is 1.37 bits per heavy atom. The molecule has 0 aromatic carbocycles. The number of rotatable bonds is 24. The number of ether oxygens (including phenoxy) is 1. The second-order valence-electron chi connectivity index (χ2n) is 9.05. The lowest BCUT2D eigenvalue weighted by atomic mass is 10.0. The molecule has 0 N–H and O–H groups in total. The maximum Gasteiger partial charge on any atom is 0.310 e. The predicted molar refractivity (Wildman–Crippen MR) is 136 cm³/mol. The van der Waals surface area contributed by atoms with Gasteiger partial charge >= 0.3 is 5.97 Å². The molecule has 3 heteroatoms. The quantitative estimate of drug-likeness (QED) is 0.0848. The molecule has 0 fully saturated rings. The van der Waals surface area contributed by atoms with E-state index in [1.54, 1.807) is 0 Å². The van der Waals surface area contributed by atoms with Crippen molar-refractivity contribution in [1.29, 1.82) is 0 Å². The number of carbonyl (C=O) groups is 1. The molecule has 30 heavy (non-hydrogen) atoms. The smallest absolute Gasteiger partial charge is 0.310 e. The minimum Gasteiger partial charge on any atom is -0.465 e. The molecule has 0 aliphatic heterocycles. The standard InChI is InChI=1S/C27H52O2S/c1-3-5-7-9-11-13-15-17-19-21-23-26(30)25-27(28)29-24-22-20-18-16-14-12-10-8-6-4-2/h3-25H2,1-2H3. The molecular weight excluding hydrogens is 388 g/mol. The zero-order chi connectivity index (χ0) is 22.1. The van der Waals surface area contributed by atoms with Crippen LogP contribution in [0.15, 0.2) is 0 Å². The third-order valence-corrected chi connectivity index (χ3v) is 6.26. The largest absolute Gasteiger partial charge is 0.465 e. The van der Waals surface area contributed by atoms with Gasteiger partial charge in [0.2, 0.25) is 0 Å². The van der Waals surface area contributed by atoms with Crippen LogP contribution in [-0.2, 0) is 9.53 Å². The van der Waals surface area contributed by atoms with Crippen LogP contribution in [-0.4, -0.2) is 17.4 Å². The van der Waals surface area contributed by atoms with E-state index in [0.29, 0.717) is 13.0 Å². The van der Waals surface area contributed by atoms with E-state index in [1.807, 2.05) is 0 Å². The second-order valence-corrected chi connectivity index (χ2v) is 9.63. The van der Waals surface area contributed by atoms with Crippen molar-refractivity contribution in [3.05, 3.63) is 0 Å². The lowest BCUT2D eigenvalue weighted by molar-refractivity contribution is -0.142. The number of hydrogen-bond acceptors (Lipinski definition) is 3. The zero-order valence-electron chi connectivity index (χ0n) is 20.5. The van der Waals surface area contributed by atoms with Crippen LogP contribution in [0.25, 0.3) is 0 Å². The fourth-order valence-corrected chi connectivity index (χ4v) is 4.15. The first kappa shape index (κ1) is 29.6. The first-order chi connectivity index (χ1) is 14.7. The van der Waals surface area contributed by atoms with Gasteiger partial charge in [0.25, 0.3) is 0 Å².